The number of hydrogen-bond donors (Lipinski definition) is 0. The average Bonchev–Trinajstić information content (AvgIpc) is 3.64. The zero-order valence-corrected chi connectivity index (χ0v) is 36.1. The number of carbonyl (C=O) groups is 1. The maximum Gasteiger partial charge on any atom is 0.269 e. The van der Waals surface area contributed by atoms with E-state index in [-0.39, 0.29) is 38.7 Å². The molecular weight excluding hydrogens is 731 g/mol. The van der Waals surface area contributed by atoms with Crippen molar-refractivity contribution < 1.29 is 19.2 Å². The number of hydrogen-bond acceptors (Lipinski definition) is 5. The molecule has 0 aliphatic carbocycles. The lowest BCUT2D eigenvalue weighted by Crippen LogP contribution is -2.00. The van der Waals surface area contributed by atoms with Crippen molar-refractivity contribution in [1.29, 1.82) is 0 Å². The standard InChI is InChI=1S/C11H14O.C10H12O2.2C10H14.C9H11NO2.3CH4/c1-8(2)10-6-4-5-7-11(10)9(3)12;1-7(2)8-3-4-9-10(5-8)12-6-11-9;1-8(2)10-6-4-5-9(3)7-10;1-8(2)10-7-5-4-6-9(10)3;1-7(2)8-3-5-9(6-4-8)10(11)12;;;/h4-8H,1-3H3;3-5,7H,6H2,1-2H3;2*4-8H,1-3H3;3-7H,1-2H3;3*1H4. The largest absolute Gasteiger partial charge is 0.454 e. The molecule has 0 spiro atoms. The van der Waals surface area contributed by atoms with Gasteiger partial charge in [-0.2, -0.15) is 0 Å². The van der Waals surface area contributed by atoms with Crippen LogP contribution in [0, 0.1) is 24.0 Å². The van der Waals surface area contributed by atoms with Crippen LogP contribution in [0.2, 0.25) is 0 Å². The summed E-state index contributed by atoms with van der Waals surface area (Å²) in [6, 6.07) is 37.8. The van der Waals surface area contributed by atoms with Gasteiger partial charge in [0, 0.05) is 17.7 Å². The summed E-state index contributed by atoms with van der Waals surface area (Å²) in [4.78, 5) is 21.1. The van der Waals surface area contributed by atoms with Gasteiger partial charge in [0.1, 0.15) is 0 Å². The summed E-state index contributed by atoms with van der Waals surface area (Å²) in [5.41, 5.74) is 10.2. The molecule has 6 nitrogen and oxygen atoms in total. The molecule has 1 aliphatic rings. The smallest absolute Gasteiger partial charge is 0.269 e. The van der Waals surface area contributed by atoms with E-state index in [9.17, 15) is 14.9 Å². The van der Waals surface area contributed by atoms with Crippen LogP contribution in [0.25, 0.3) is 0 Å². The number of non-ortho nitro benzene ring substituents is 1. The van der Waals surface area contributed by atoms with Crippen LogP contribution < -0.4 is 9.47 Å². The zero-order valence-electron chi connectivity index (χ0n) is 36.1. The number of carbonyl (C=O) groups excluding carboxylic acids is 1. The van der Waals surface area contributed by atoms with Gasteiger partial charge in [0.25, 0.3) is 5.69 Å². The van der Waals surface area contributed by atoms with Crippen LogP contribution in [0.3, 0.4) is 0 Å². The maximum atomic E-state index is 11.2. The Morgan fingerprint density at radius 2 is 1.02 bits per heavy atom. The van der Waals surface area contributed by atoms with E-state index in [1.807, 2.05) is 36.4 Å². The number of nitro groups is 1. The van der Waals surface area contributed by atoms with Gasteiger partial charge in [0.05, 0.1) is 4.92 Å². The van der Waals surface area contributed by atoms with Gasteiger partial charge in [-0.15, -0.1) is 0 Å². The normalized spacial score (nSPS) is 10.5. The highest BCUT2D eigenvalue weighted by atomic mass is 16.7. The van der Waals surface area contributed by atoms with E-state index in [4.69, 9.17) is 9.47 Å². The van der Waals surface area contributed by atoms with Crippen LogP contribution in [0.4, 0.5) is 5.69 Å². The fourth-order valence-corrected chi connectivity index (χ4v) is 5.84. The molecule has 1 aliphatic heterocycles. The molecule has 59 heavy (non-hydrogen) atoms. The van der Waals surface area contributed by atoms with E-state index in [2.05, 4.69) is 138 Å². The molecular formula is C53H77NO5. The lowest BCUT2D eigenvalue weighted by Gasteiger charge is -2.09. The number of ether oxygens (including phenoxy) is 2. The van der Waals surface area contributed by atoms with Crippen molar-refractivity contribution in [3.8, 4) is 11.5 Å². The first kappa shape index (κ1) is 55.9. The molecule has 0 saturated heterocycles. The van der Waals surface area contributed by atoms with E-state index in [0.29, 0.717) is 36.4 Å². The van der Waals surface area contributed by atoms with Crippen molar-refractivity contribution in [3.63, 3.8) is 0 Å². The highest BCUT2D eigenvalue weighted by Crippen LogP contribution is 2.34. The topological polar surface area (TPSA) is 78.7 Å². The summed E-state index contributed by atoms with van der Waals surface area (Å²) in [6.07, 6.45) is 0. The lowest BCUT2D eigenvalue weighted by atomic mass is 9.95. The number of aryl methyl sites for hydroxylation is 2. The molecule has 0 atom stereocenters. The first-order chi connectivity index (χ1) is 26.4. The quantitative estimate of drug-likeness (QED) is 0.0929. The Bertz CT molecular complexity index is 1940. The molecule has 6 heteroatoms. The van der Waals surface area contributed by atoms with Crippen LogP contribution in [-0.4, -0.2) is 17.5 Å². The van der Waals surface area contributed by atoms with Gasteiger partial charge in [0.2, 0.25) is 6.79 Å². The third kappa shape index (κ3) is 19.4. The second-order valence-corrected chi connectivity index (χ2v) is 15.6. The van der Waals surface area contributed by atoms with E-state index in [1.165, 1.54) is 39.9 Å². The molecule has 0 N–H and O–H groups in total. The van der Waals surface area contributed by atoms with Crippen molar-refractivity contribution in [3.05, 3.63) is 170 Å². The van der Waals surface area contributed by atoms with Crippen LogP contribution in [0.15, 0.2) is 115 Å². The minimum absolute atomic E-state index is 0. The Hall–Kier alpha value is -5.23. The molecule has 1 heterocycles. The second kappa shape index (κ2) is 28.2. The van der Waals surface area contributed by atoms with Crippen molar-refractivity contribution >= 4 is 11.5 Å². The van der Waals surface area contributed by atoms with Gasteiger partial charge in [-0.05, 0) is 95.9 Å². The molecule has 0 amide bonds. The Kier molecular flexibility index (Phi) is 26.7. The predicted molar refractivity (Wildman–Crippen MR) is 255 cm³/mol. The molecule has 0 bridgehead atoms. The highest BCUT2D eigenvalue weighted by Gasteiger charge is 2.14. The van der Waals surface area contributed by atoms with Gasteiger partial charge in [-0.1, -0.05) is 188 Å². The summed E-state index contributed by atoms with van der Waals surface area (Å²) < 4.78 is 10.5. The van der Waals surface area contributed by atoms with Crippen LogP contribution in [0.5, 0.6) is 11.5 Å². The number of Topliss-reactive ketones (excluding diaryl/α,β-unsaturated/α-hetero) is 1. The van der Waals surface area contributed by atoms with Gasteiger partial charge in [-0.25, -0.2) is 0 Å². The van der Waals surface area contributed by atoms with Crippen molar-refractivity contribution in [1.82, 2.24) is 0 Å². The number of nitrogens with zero attached hydrogens (tertiary/aromatic N) is 1. The maximum absolute atomic E-state index is 11.2. The average molecular weight is 808 g/mol. The number of ketones is 1. The van der Waals surface area contributed by atoms with Crippen molar-refractivity contribution in [2.24, 2.45) is 0 Å². The third-order valence-corrected chi connectivity index (χ3v) is 9.32. The molecule has 324 valence electrons. The minimum atomic E-state index is -0.385. The number of nitro benzene ring substituents is 1. The molecule has 0 aromatic heterocycles. The van der Waals surface area contributed by atoms with Gasteiger partial charge in [0.15, 0.2) is 17.3 Å². The Balaban J connectivity index is 0. The monoisotopic (exact) mass is 808 g/mol. The van der Waals surface area contributed by atoms with E-state index >= 15 is 0 Å². The van der Waals surface area contributed by atoms with Gasteiger partial charge >= 0.3 is 0 Å². The fraction of sp³-hybridized carbons (Fsp3) is 0.415. The summed E-state index contributed by atoms with van der Waals surface area (Å²) in [5.74, 6) is 4.58. The molecule has 5 aromatic carbocycles. The molecule has 0 saturated carbocycles. The van der Waals surface area contributed by atoms with Crippen LogP contribution >= 0.6 is 0 Å². The first-order valence-corrected chi connectivity index (χ1v) is 19.8. The van der Waals surface area contributed by atoms with E-state index < -0.39 is 0 Å². The Labute approximate surface area is 359 Å². The number of fused-ring (bicyclic) bond motifs is 1. The Morgan fingerprint density at radius 1 is 0.542 bits per heavy atom. The fourth-order valence-electron chi connectivity index (χ4n) is 5.84. The zero-order chi connectivity index (χ0) is 41.9. The molecule has 5 aromatic rings. The summed E-state index contributed by atoms with van der Waals surface area (Å²) in [7, 11) is 0. The molecule has 0 unspecified atom stereocenters. The summed E-state index contributed by atoms with van der Waals surface area (Å²) in [6.45, 7) is 27.8. The van der Waals surface area contributed by atoms with Gasteiger partial charge in [-0.3, -0.25) is 14.9 Å². The summed E-state index contributed by atoms with van der Waals surface area (Å²) in [5, 5.41) is 10.3. The molecule has 6 rings (SSSR count). The third-order valence-electron chi connectivity index (χ3n) is 9.32. The van der Waals surface area contributed by atoms with Crippen LogP contribution in [-0.2, 0) is 0 Å². The predicted octanol–water partition coefficient (Wildman–Crippen LogP) is 16.4. The SMILES string of the molecule is C.C.C.CC(=O)c1ccccc1C(C)C.CC(C)c1ccc([N+](=O)[O-])cc1.CC(C)c1ccc2c(c1)OCO2.Cc1cccc(C(C)C)c1.Cc1ccccc1C(C)C. The number of rotatable bonds is 7. The van der Waals surface area contributed by atoms with Crippen molar-refractivity contribution in [2.45, 2.75) is 142 Å². The highest BCUT2D eigenvalue weighted by molar-refractivity contribution is 5.95. The molecule has 0 fully saturated rings. The van der Waals surface area contributed by atoms with E-state index in [0.717, 1.165) is 28.2 Å². The second-order valence-electron chi connectivity index (χ2n) is 15.6. The lowest BCUT2D eigenvalue weighted by molar-refractivity contribution is -0.384. The van der Waals surface area contributed by atoms with Gasteiger partial charge < -0.3 is 9.47 Å². The molecule has 0 radical (unpaired) electrons. The Morgan fingerprint density at radius 3 is 1.44 bits per heavy atom. The van der Waals surface area contributed by atoms with E-state index in [1.54, 1.807) is 19.1 Å². The number of benzene rings is 5. The first-order valence-electron chi connectivity index (χ1n) is 19.8. The van der Waals surface area contributed by atoms with Crippen molar-refractivity contribution in [2.75, 3.05) is 6.79 Å². The summed E-state index contributed by atoms with van der Waals surface area (Å²) >= 11 is 0. The minimum Gasteiger partial charge on any atom is -0.454 e. The van der Waals surface area contributed by atoms with Crippen LogP contribution in [0.1, 0.15) is 177 Å².